The van der Waals surface area contributed by atoms with Crippen LogP contribution >= 0.6 is 24.8 Å². The number of methoxy groups -OCH3 is 1. The van der Waals surface area contributed by atoms with Crippen LogP contribution in [0.3, 0.4) is 0 Å². The molecule has 30 heavy (non-hydrogen) atoms. The van der Waals surface area contributed by atoms with Gasteiger partial charge in [0.1, 0.15) is 6.61 Å². The number of nitrogens with one attached hydrogen (secondary N) is 2. The van der Waals surface area contributed by atoms with Gasteiger partial charge in [-0.2, -0.15) is 0 Å². The molecule has 1 amide bonds. The molecular formula is C22H31Cl2N3O3. The van der Waals surface area contributed by atoms with E-state index in [-0.39, 0.29) is 36.8 Å². The van der Waals surface area contributed by atoms with Gasteiger partial charge in [-0.3, -0.25) is 9.78 Å². The smallest absolute Gasteiger partial charge is 0.220 e. The van der Waals surface area contributed by atoms with Crippen molar-refractivity contribution in [3.63, 3.8) is 0 Å². The molecule has 0 aliphatic carbocycles. The van der Waals surface area contributed by atoms with Crippen molar-refractivity contribution in [2.75, 3.05) is 20.2 Å². The third kappa shape index (κ3) is 7.67. The Labute approximate surface area is 191 Å². The van der Waals surface area contributed by atoms with Gasteiger partial charge in [0.2, 0.25) is 5.91 Å². The number of carbonyl (C=O) groups is 1. The van der Waals surface area contributed by atoms with E-state index in [9.17, 15) is 4.79 Å². The van der Waals surface area contributed by atoms with Crippen molar-refractivity contribution in [2.24, 2.45) is 5.92 Å². The number of aromatic nitrogens is 1. The molecule has 2 heterocycles. The van der Waals surface area contributed by atoms with E-state index >= 15 is 0 Å². The van der Waals surface area contributed by atoms with Crippen LogP contribution < -0.4 is 20.1 Å². The molecule has 3 rings (SSSR count). The fourth-order valence-corrected chi connectivity index (χ4v) is 3.41. The number of amides is 1. The summed E-state index contributed by atoms with van der Waals surface area (Å²) in [5.74, 6) is 2.05. The molecule has 0 radical (unpaired) electrons. The number of pyridine rings is 1. The van der Waals surface area contributed by atoms with E-state index in [1.807, 2.05) is 37.3 Å². The number of carbonyl (C=O) groups excluding carboxylic acids is 1. The van der Waals surface area contributed by atoms with Crippen molar-refractivity contribution < 1.29 is 14.3 Å². The molecule has 166 valence electrons. The van der Waals surface area contributed by atoms with Gasteiger partial charge in [0.05, 0.1) is 13.2 Å². The van der Waals surface area contributed by atoms with E-state index in [0.29, 0.717) is 30.4 Å². The molecule has 1 aromatic heterocycles. The normalized spacial score (nSPS) is 16.0. The third-order valence-electron chi connectivity index (χ3n) is 5.15. The summed E-state index contributed by atoms with van der Waals surface area (Å²) in [7, 11) is 1.62. The summed E-state index contributed by atoms with van der Waals surface area (Å²) in [6, 6.07) is 9.53. The summed E-state index contributed by atoms with van der Waals surface area (Å²) >= 11 is 0. The number of ether oxygens (including phenoxy) is 2. The molecule has 2 atom stereocenters. The standard InChI is InChI=1S/C22H29N3O3.2ClH/c1-16(25-22(26)6-3-17-7-12-24-14-17)19-4-5-20(21(13-19)27-2)28-15-18-8-10-23-11-9-18;;/h4-5,8-11,13,16-17,24H,3,6-7,12,14-15H2,1-2H3,(H,25,26);2*1H. The van der Waals surface area contributed by atoms with E-state index in [1.165, 1.54) is 6.42 Å². The second-order valence-electron chi connectivity index (χ2n) is 7.24. The van der Waals surface area contributed by atoms with Crippen LogP contribution in [0.25, 0.3) is 0 Å². The summed E-state index contributed by atoms with van der Waals surface area (Å²) in [5.41, 5.74) is 2.03. The Kier molecular flexibility index (Phi) is 11.5. The van der Waals surface area contributed by atoms with E-state index in [0.717, 1.165) is 30.6 Å². The van der Waals surface area contributed by atoms with Crippen LogP contribution in [0.5, 0.6) is 11.5 Å². The molecule has 1 aliphatic rings. The first-order valence-electron chi connectivity index (χ1n) is 9.85. The van der Waals surface area contributed by atoms with Crippen LogP contribution in [-0.2, 0) is 11.4 Å². The summed E-state index contributed by atoms with van der Waals surface area (Å²) in [5, 5.41) is 6.43. The van der Waals surface area contributed by atoms with Crippen LogP contribution in [0, 0.1) is 5.92 Å². The second-order valence-corrected chi connectivity index (χ2v) is 7.24. The predicted octanol–water partition coefficient (Wildman–Crippen LogP) is 4.08. The minimum atomic E-state index is -0.0858. The van der Waals surface area contributed by atoms with E-state index < -0.39 is 0 Å². The Balaban J connectivity index is 0.00000225. The van der Waals surface area contributed by atoms with Crippen molar-refractivity contribution in [3.05, 3.63) is 53.9 Å². The fraction of sp³-hybridized carbons (Fsp3) is 0.455. The van der Waals surface area contributed by atoms with Crippen LogP contribution in [-0.4, -0.2) is 31.1 Å². The largest absolute Gasteiger partial charge is 0.493 e. The van der Waals surface area contributed by atoms with Crippen molar-refractivity contribution >= 4 is 30.7 Å². The highest BCUT2D eigenvalue weighted by Crippen LogP contribution is 2.31. The molecule has 0 spiro atoms. The summed E-state index contributed by atoms with van der Waals surface area (Å²) in [4.78, 5) is 16.3. The topological polar surface area (TPSA) is 72.5 Å². The monoisotopic (exact) mass is 455 g/mol. The molecular weight excluding hydrogens is 425 g/mol. The maximum Gasteiger partial charge on any atom is 0.220 e. The predicted molar refractivity (Wildman–Crippen MR) is 123 cm³/mol. The highest BCUT2D eigenvalue weighted by Gasteiger charge is 2.17. The zero-order valence-corrected chi connectivity index (χ0v) is 19.1. The minimum absolute atomic E-state index is 0. The lowest BCUT2D eigenvalue weighted by molar-refractivity contribution is -0.122. The lowest BCUT2D eigenvalue weighted by Crippen LogP contribution is -2.27. The first-order chi connectivity index (χ1) is 13.7. The molecule has 1 saturated heterocycles. The van der Waals surface area contributed by atoms with Crippen LogP contribution in [0.15, 0.2) is 42.7 Å². The molecule has 1 aliphatic heterocycles. The Bertz CT molecular complexity index is 771. The van der Waals surface area contributed by atoms with Gasteiger partial charge in [0, 0.05) is 18.8 Å². The molecule has 6 nitrogen and oxygen atoms in total. The average molecular weight is 456 g/mol. The van der Waals surface area contributed by atoms with Gasteiger partial charge in [0.15, 0.2) is 11.5 Å². The maximum atomic E-state index is 12.3. The Hall–Kier alpha value is -2.02. The Morgan fingerprint density at radius 3 is 2.67 bits per heavy atom. The number of rotatable bonds is 9. The molecule has 1 fully saturated rings. The molecule has 0 bridgehead atoms. The van der Waals surface area contributed by atoms with Gasteiger partial charge in [-0.1, -0.05) is 6.07 Å². The van der Waals surface area contributed by atoms with Crippen LogP contribution in [0.4, 0.5) is 0 Å². The SMILES string of the molecule is COc1cc(C(C)NC(=O)CCC2CCNC2)ccc1OCc1ccncc1.Cl.Cl. The summed E-state index contributed by atoms with van der Waals surface area (Å²) < 4.78 is 11.4. The molecule has 2 N–H and O–H groups in total. The third-order valence-corrected chi connectivity index (χ3v) is 5.15. The number of benzene rings is 1. The zero-order valence-electron chi connectivity index (χ0n) is 17.4. The molecule has 0 saturated carbocycles. The Morgan fingerprint density at radius 2 is 2.00 bits per heavy atom. The zero-order chi connectivity index (χ0) is 19.8. The number of halogens is 2. The summed E-state index contributed by atoms with van der Waals surface area (Å²) in [6.07, 6.45) is 6.16. The molecule has 8 heteroatoms. The van der Waals surface area contributed by atoms with Crippen molar-refractivity contribution in [2.45, 2.75) is 38.8 Å². The van der Waals surface area contributed by atoms with Gasteiger partial charge >= 0.3 is 0 Å². The first-order valence-corrected chi connectivity index (χ1v) is 9.85. The number of hydrogen-bond acceptors (Lipinski definition) is 5. The average Bonchev–Trinajstić information content (AvgIpc) is 3.25. The van der Waals surface area contributed by atoms with E-state index in [1.54, 1.807) is 19.5 Å². The molecule has 2 aromatic rings. The van der Waals surface area contributed by atoms with Crippen molar-refractivity contribution in [1.29, 1.82) is 0 Å². The van der Waals surface area contributed by atoms with Crippen LogP contribution in [0.2, 0.25) is 0 Å². The van der Waals surface area contributed by atoms with Crippen LogP contribution in [0.1, 0.15) is 43.4 Å². The quantitative estimate of drug-likeness (QED) is 0.595. The van der Waals surface area contributed by atoms with E-state index in [4.69, 9.17) is 9.47 Å². The van der Waals surface area contributed by atoms with Gasteiger partial charge in [-0.25, -0.2) is 0 Å². The lowest BCUT2D eigenvalue weighted by atomic mass is 10.0. The van der Waals surface area contributed by atoms with Crippen molar-refractivity contribution in [3.8, 4) is 11.5 Å². The highest BCUT2D eigenvalue weighted by atomic mass is 35.5. The second kappa shape index (κ2) is 13.3. The maximum absolute atomic E-state index is 12.3. The van der Waals surface area contributed by atoms with Gasteiger partial charge in [-0.05, 0) is 74.2 Å². The molecule has 1 aromatic carbocycles. The minimum Gasteiger partial charge on any atom is -0.493 e. The number of nitrogens with zero attached hydrogens (tertiary/aromatic N) is 1. The number of hydrogen-bond donors (Lipinski definition) is 2. The van der Waals surface area contributed by atoms with Gasteiger partial charge in [0.25, 0.3) is 0 Å². The molecule has 2 unspecified atom stereocenters. The fourth-order valence-electron chi connectivity index (χ4n) is 3.41. The Morgan fingerprint density at radius 1 is 1.23 bits per heavy atom. The van der Waals surface area contributed by atoms with Gasteiger partial charge < -0.3 is 20.1 Å². The summed E-state index contributed by atoms with van der Waals surface area (Å²) in [6.45, 7) is 4.53. The van der Waals surface area contributed by atoms with Crippen molar-refractivity contribution in [1.82, 2.24) is 15.6 Å². The van der Waals surface area contributed by atoms with E-state index in [2.05, 4.69) is 15.6 Å². The van der Waals surface area contributed by atoms with Gasteiger partial charge in [-0.15, -0.1) is 24.8 Å². The highest BCUT2D eigenvalue weighted by molar-refractivity contribution is 5.85. The lowest BCUT2D eigenvalue weighted by Gasteiger charge is -2.18. The first kappa shape index (κ1) is 26.0.